The fourth-order valence-corrected chi connectivity index (χ4v) is 2.80. The molecule has 1 N–H and O–H groups in total. The SMILES string of the molecule is COCc1cc(CN(C)C(=O)[C@@H]2CCOC(C)(C)C2)[nH]n1. The first-order valence-electron chi connectivity index (χ1n) is 7.32. The number of carbonyl (C=O) groups excluding carboxylic acids is 1. The molecule has 1 aliphatic heterocycles. The van der Waals surface area contributed by atoms with E-state index in [4.69, 9.17) is 9.47 Å². The van der Waals surface area contributed by atoms with Gasteiger partial charge in [0.05, 0.1) is 30.1 Å². The molecule has 0 aromatic carbocycles. The van der Waals surface area contributed by atoms with Crippen LogP contribution < -0.4 is 0 Å². The second-order valence-electron chi connectivity index (χ2n) is 6.31. The summed E-state index contributed by atoms with van der Waals surface area (Å²) in [6, 6.07) is 1.93. The van der Waals surface area contributed by atoms with Crippen molar-refractivity contribution in [2.45, 2.75) is 45.4 Å². The van der Waals surface area contributed by atoms with E-state index in [-0.39, 0.29) is 17.4 Å². The molecule has 6 heteroatoms. The third-order valence-electron chi connectivity index (χ3n) is 3.81. The second kappa shape index (κ2) is 6.58. The highest BCUT2D eigenvalue weighted by Gasteiger charge is 2.34. The molecule has 1 aliphatic rings. The highest BCUT2D eigenvalue weighted by Crippen LogP contribution is 2.29. The Morgan fingerprint density at radius 1 is 1.62 bits per heavy atom. The standard InChI is InChI=1S/C15H25N3O3/c1-15(2)8-11(5-6-21-15)14(19)18(3)9-12-7-13(10-20-4)17-16-12/h7,11H,5-6,8-10H2,1-4H3,(H,16,17)/t11-/m1/s1. The van der Waals surface area contributed by atoms with E-state index >= 15 is 0 Å². The molecule has 1 aromatic rings. The molecule has 2 heterocycles. The lowest BCUT2D eigenvalue weighted by atomic mass is 9.87. The Kier molecular flexibility index (Phi) is 5.00. The zero-order valence-corrected chi connectivity index (χ0v) is 13.3. The lowest BCUT2D eigenvalue weighted by molar-refractivity contribution is -0.144. The van der Waals surface area contributed by atoms with Gasteiger partial charge in [0.2, 0.25) is 5.91 Å². The molecule has 0 aliphatic carbocycles. The predicted octanol–water partition coefficient (Wildman–Crippen LogP) is 1.72. The molecule has 0 spiro atoms. The van der Waals surface area contributed by atoms with Crippen molar-refractivity contribution in [2.75, 3.05) is 20.8 Å². The topological polar surface area (TPSA) is 67.4 Å². The molecule has 1 amide bonds. The number of carbonyl (C=O) groups is 1. The summed E-state index contributed by atoms with van der Waals surface area (Å²) in [5.74, 6) is 0.217. The number of hydrogen-bond donors (Lipinski definition) is 1. The van der Waals surface area contributed by atoms with Crippen molar-refractivity contribution < 1.29 is 14.3 Å². The van der Waals surface area contributed by atoms with E-state index < -0.39 is 0 Å². The summed E-state index contributed by atoms with van der Waals surface area (Å²) in [6.45, 7) is 5.74. The van der Waals surface area contributed by atoms with Crippen LogP contribution in [0.5, 0.6) is 0 Å². The van der Waals surface area contributed by atoms with Gasteiger partial charge < -0.3 is 14.4 Å². The number of ether oxygens (including phenoxy) is 2. The summed E-state index contributed by atoms with van der Waals surface area (Å²) < 4.78 is 10.7. The van der Waals surface area contributed by atoms with Crippen LogP contribution >= 0.6 is 0 Å². The molecule has 0 radical (unpaired) electrons. The van der Waals surface area contributed by atoms with Crippen LogP contribution in [0.4, 0.5) is 0 Å². The van der Waals surface area contributed by atoms with Crippen molar-refractivity contribution in [3.63, 3.8) is 0 Å². The number of amides is 1. The first-order valence-corrected chi connectivity index (χ1v) is 7.32. The van der Waals surface area contributed by atoms with Crippen molar-refractivity contribution in [2.24, 2.45) is 5.92 Å². The molecule has 118 valence electrons. The number of rotatable bonds is 5. The summed E-state index contributed by atoms with van der Waals surface area (Å²) >= 11 is 0. The second-order valence-corrected chi connectivity index (χ2v) is 6.31. The van der Waals surface area contributed by atoms with Crippen LogP contribution in [0, 0.1) is 5.92 Å². The van der Waals surface area contributed by atoms with Gasteiger partial charge in [0, 0.05) is 26.7 Å². The number of hydrogen-bond acceptors (Lipinski definition) is 4. The molecular formula is C15H25N3O3. The normalized spacial score (nSPS) is 21.2. The minimum Gasteiger partial charge on any atom is -0.378 e. The predicted molar refractivity (Wildman–Crippen MR) is 78.5 cm³/mol. The van der Waals surface area contributed by atoms with Crippen LogP contribution in [0.1, 0.15) is 38.1 Å². The number of methoxy groups -OCH3 is 1. The zero-order chi connectivity index (χ0) is 15.5. The van der Waals surface area contributed by atoms with Crippen LogP contribution in [0.3, 0.4) is 0 Å². The monoisotopic (exact) mass is 295 g/mol. The third-order valence-corrected chi connectivity index (χ3v) is 3.81. The molecular weight excluding hydrogens is 270 g/mol. The van der Waals surface area contributed by atoms with E-state index in [0.717, 1.165) is 24.2 Å². The molecule has 21 heavy (non-hydrogen) atoms. The van der Waals surface area contributed by atoms with Crippen LogP contribution in [-0.2, 0) is 27.4 Å². The molecule has 1 aromatic heterocycles. The van der Waals surface area contributed by atoms with Crippen LogP contribution in [-0.4, -0.2) is 47.4 Å². The van der Waals surface area contributed by atoms with Crippen LogP contribution in [0.2, 0.25) is 0 Å². The Balaban J connectivity index is 1.92. The maximum Gasteiger partial charge on any atom is 0.225 e. The van der Waals surface area contributed by atoms with E-state index in [2.05, 4.69) is 10.2 Å². The molecule has 1 saturated heterocycles. The molecule has 2 rings (SSSR count). The minimum atomic E-state index is -0.209. The number of H-pyrrole nitrogens is 1. The Morgan fingerprint density at radius 2 is 2.38 bits per heavy atom. The van der Waals surface area contributed by atoms with Crippen molar-refractivity contribution >= 4 is 5.91 Å². The summed E-state index contributed by atoms with van der Waals surface area (Å²) in [5.41, 5.74) is 1.56. The molecule has 1 fully saturated rings. The highest BCUT2D eigenvalue weighted by atomic mass is 16.5. The van der Waals surface area contributed by atoms with Gasteiger partial charge in [0.25, 0.3) is 0 Å². The average Bonchev–Trinajstić information content (AvgIpc) is 2.84. The molecule has 6 nitrogen and oxygen atoms in total. The zero-order valence-electron chi connectivity index (χ0n) is 13.3. The van der Waals surface area contributed by atoms with Gasteiger partial charge in [-0.2, -0.15) is 5.10 Å². The summed E-state index contributed by atoms with van der Waals surface area (Å²) in [4.78, 5) is 14.3. The number of nitrogens with zero attached hydrogens (tertiary/aromatic N) is 2. The Labute approximate surface area is 125 Å². The molecule has 0 unspecified atom stereocenters. The van der Waals surface area contributed by atoms with Gasteiger partial charge in [-0.3, -0.25) is 9.89 Å². The highest BCUT2D eigenvalue weighted by molar-refractivity contribution is 5.78. The first kappa shape index (κ1) is 16.0. The average molecular weight is 295 g/mol. The van der Waals surface area contributed by atoms with Crippen molar-refractivity contribution in [1.29, 1.82) is 0 Å². The largest absolute Gasteiger partial charge is 0.378 e. The smallest absolute Gasteiger partial charge is 0.225 e. The Bertz CT molecular complexity index is 484. The van der Waals surface area contributed by atoms with Crippen molar-refractivity contribution in [3.05, 3.63) is 17.5 Å². The summed E-state index contributed by atoms with van der Waals surface area (Å²) in [7, 11) is 3.47. The molecule has 0 saturated carbocycles. The van der Waals surface area contributed by atoms with E-state index in [0.29, 0.717) is 19.8 Å². The Morgan fingerprint density at radius 3 is 3.05 bits per heavy atom. The number of nitrogens with one attached hydrogen (secondary N) is 1. The summed E-state index contributed by atoms with van der Waals surface area (Å²) in [5, 5.41) is 7.09. The van der Waals surface area contributed by atoms with Gasteiger partial charge in [-0.15, -0.1) is 0 Å². The van der Waals surface area contributed by atoms with E-state index in [1.165, 1.54) is 0 Å². The fourth-order valence-electron chi connectivity index (χ4n) is 2.80. The fraction of sp³-hybridized carbons (Fsp3) is 0.733. The van der Waals surface area contributed by atoms with Crippen LogP contribution in [0.15, 0.2) is 6.07 Å². The van der Waals surface area contributed by atoms with Gasteiger partial charge in [-0.1, -0.05) is 0 Å². The van der Waals surface area contributed by atoms with Gasteiger partial charge in [0.1, 0.15) is 0 Å². The minimum absolute atomic E-state index is 0.0418. The van der Waals surface area contributed by atoms with Gasteiger partial charge in [0.15, 0.2) is 0 Å². The third kappa shape index (κ3) is 4.28. The van der Waals surface area contributed by atoms with E-state index in [9.17, 15) is 4.79 Å². The molecule has 0 bridgehead atoms. The lowest BCUT2D eigenvalue weighted by Gasteiger charge is -2.36. The maximum absolute atomic E-state index is 12.5. The molecule has 1 atom stereocenters. The van der Waals surface area contributed by atoms with Gasteiger partial charge in [-0.25, -0.2) is 0 Å². The number of aromatic nitrogens is 2. The first-order chi connectivity index (χ1) is 9.91. The summed E-state index contributed by atoms with van der Waals surface area (Å²) in [6.07, 6.45) is 1.57. The van der Waals surface area contributed by atoms with Crippen LogP contribution in [0.25, 0.3) is 0 Å². The Hall–Kier alpha value is -1.40. The van der Waals surface area contributed by atoms with E-state index in [1.54, 1.807) is 12.0 Å². The van der Waals surface area contributed by atoms with Gasteiger partial charge in [-0.05, 0) is 32.8 Å². The maximum atomic E-state index is 12.5. The van der Waals surface area contributed by atoms with E-state index in [1.807, 2.05) is 27.0 Å². The van der Waals surface area contributed by atoms with Crippen molar-refractivity contribution in [1.82, 2.24) is 15.1 Å². The number of aromatic amines is 1. The van der Waals surface area contributed by atoms with Crippen molar-refractivity contribution in [3.8, 4) is 0 Å². The quantitative estimate of drug-likeness (QED) is 0.898. The lowest BCUT2D eigenvalue weighted by Crippen LogP contribution is -2.42. The van der Waals surface area contributed by atoms with Gasteiger partial charge >= 0.3 is 0 Å².